The Labute approximate surface area is 138 Å². The lowest BCUT2D eigenvalue weighted by Gasteiger charge is -2.16. The highest BCUT2D eigenvalue weighted by Gasteiger charge is 2.19. The largest absolute Gasteiger partial charge is 0.361 e. The standard InChI is InChI=1S/C15H18N6OS/c1-19(2)13-11-14(18-15(17-13)20(3)4)21(5)12(16-11)10-7-6-9(8-22)23-10/h6-8H,1-5H3. The maximum absolute atomic E-state index is 10.9. The summed E-state index contributed by atoms with van der Waals surface area (Å²) in [4.78, 5) is 30.3. The van der Waals surface area contributed by atoms with E-state index in [0.29, 0.717) is 10.8 Å². The molecule has 0 spiro atoms. The Morgan fingerprint density at radius 3 is 2.39 bits per heavy atom. The van der Waals surface area contributed by atoms with Crippen molar-refractivity contribution in [2.24, 2.45) is 7.05 Å². The lowest BCUT2D eigenvalue weighted by Crippen LogP contribution is -2.17. The lowest BCUT2D eigenvalue weighted by atomic mass is 10.4. The van der Waals surface area contributed by atoms with E-state index in [1.807, 2.05) is 55.7 Å². The number of rotatable bonds is 4. The zero-order chi connectivity index (χ0) is 16.7. The average molecular weight is 330 g/mol. The second-order valence-corrected chi connectivity index (χ2v) is 6.74. The highest BCUT2D eigenvalue weighted by molar-refractivity contribution is 7.17. The first kappa shape index (κ1) is 15.4. The lowest BCUT2D eigenvalue weighted by molar-refractivity contribution is 0.112. The molecule has 0 atom stereocenters. The molecule has 0 bridgehead atoms. The van der Waals surface area contributed by atoms with E-state index in [1.165, 1.54) is 11.3 Å². The van der Waals surface area contributed by atoms with E-state index in [-0.39, 0.29) is 0 Å². The Morgan fingerprint density at radius 2 is 1.83 bits per heavy atom. The second-order valence-electron chi connectivity index (χ2n) is 5.62. The SMILES string of the molecule is CN(C)c1nc(N(C)C)c2nc(-c3ccc(C=O)s3)n(C)c2n1. The molecule has 3 rings (SSSR count). The van der Waals surface area contributed by atoms with E-state index >= 15 is 0 Å². The van der Waals surface area contributed by atoms with Gasteiger partial charge in [0.2, 0.25) is 5.95 Å². The summed E-state index contributed by atoms with van der Waals surface area (Å²) in [6.07, 6.45) is 0.853. The third-order valence-corrected chi connectivity index (χ3v) is 4.48. The Morgan fingerprint density at radius 1 is 1.09 bits per heavy atom. The molecule has 23 heavy (non-hydrogen) atoms. The molecule has 0 amide bonds. The van der Waals surface area contributed by atoms with Crippen LogP contribution in [0.4, 0.5) is 11.8 Å². The predicted octanol–water partition coefficient (Wildman–Crippen LogP) is 2.04. The fraction of sp³-hybridized carbons (Fsp3) is 0.333. The number of aryl methyl sites for hydroxylation is 1. The van der Waals surface area contributed by atoms with Crippen LogP contribution in [0.3, 0.4) is 0 Å². The molecule has 0 unspecified atom stereocenters. The fourth-order valence-electron chi connectivity index (χ4n) is 2.30. The van der Waals surface area contributed by atoms with E-state index in [4.69, 9.17) is 4.98 Å². The van der Waals surface area contributed by atoms with Gasteiger partial charge in [0, 0.05) is 35.2 Å². The predicted molar refractivity (Wildman–Crippen MR) is 93.7 cm³/mol. The third-order valence-electron chi connectivity index (χ3n) is 3.48. The number of hydrogen-bond acceptors (Lipinski definition) is 7. The van der Waals surface area contributed by atoms with Crippen molar-refractivity contribution in [3.8, 4) is 10.7 Å². The monoisotopic (exact) mass is 330 g/mol. The van der Waals surface area contributed by atoms with Crippen LogP contribution in [0.25, 0.3) is 21.9 Å². The van der Waals surface area contributed by atoms with Crippen molar-refractivity contribution in [1.82, 2.24) is 19.5 Å². The zero-order valence-corrected chi connectivity index (χ0v) is 14.5. The second kappa shape index (κ2) is 5.62. The summed E-state index contributed by atoms with van der Waals surface area (Å²) in [5.74, 6) is 2.19. The minimum absolute atomic E-state index is 0.635. The molecule has 0 aliphatic carbocycles. The summed E-state index contributed by atoms with van der Waals surface area (Å²) in [6.45, 7) is 0. The van der Waals surface area contributed by atoms with Crippen LogP contribution >= 0.6 is 11.3 Å². The van der Waals surface area contributed by atoms with Gasteiger partial charge in [0.05, 0.1) is 9.75 Å². The smallest absolute Gasteiger partial charge is 0.228 e. The van der Waals surface area contributed by atoms with Crippen LogP contribution in [0.1, 0.15) is 9.67 Å². The van der Waals surface area contributed by atoms with E-state index < -0.39 is 0 Å². The summed E-state index contributed by atoms with van der Waals surface area (Å²) in [7, 11) is 9.62. The van der Waals surface area contributed by atoms with E-state index in [0.717, 1.165) is 34.0 Å². The van der Waals surface area contributed by atoms with Gasteiger partial charge in [-0.2, -0.15) is 9.97 Å². The van der Waals surface area contributed by atoms with Crippen molar-refractivity contribution in [2.45, 2.75) is 0 Å². The zero-order valence-electron chi connectivity index (χ0n) is 13.7. The van der Waals surface area contributed by atoms with Gasteiger partial charge in [-0.25, -0.2) is 4.98 Å². The molecule has 3 heterocycles. The topological polar surface area (TPSA) is 67.2 Å². The van der Waals surface area contributed by atoms with Gasteiger partial charge in [-0.1, -0.05) is 0 Å². The number of imidazole rings is 1. The quantitative estimate of drug-likeness (QED) is 0.682. The van der Waals surface area contributed by atoms with Crippen molar-refractivity contribution in [2.75, 3.05) is 38.0 Å². The van der Waals surface area contributed by atoms with Crippen LogP contribution in [0.2, 0.25) is 0 Å². The van der Waals surface area contributed by atoms with E-state index in [9.17, 15) is 4.79 Å². The molecule has 0 aromatic carbocycles. The third kappa shape index (κ3) is 2.55. The van der Waals surface area contributed by atoms with Crippen molar-refractivity contribution < 1.29 is 4.79 Å². The first-order valence-corrected chi connectivity index (χ1v) is 7.88. The normalized spacial score (nSPS) is 11.0. The van der Waals surface area contributed by atoms with E-state index in [2.05, 4.69) is 9.97 Å². The first-order valence-electron chi connectivity index (χ1n) is 7.07. The van der Waals surface area contributed by atoms with Gasteiger partial charge in [0.25, 0.3) is 0 Å². The molecule has 3 aromatic rings. The van der Waals surface area contributed by atoms with E-state index in [1.54, 1.807) is 6.07 Å². The molecule has 7 nitrogen and oxygen atoms in total. The number of thiophene rings is 1. The summed E-state index contributed by atoms with van der Waals surface area (Å²) in [5, 5.41) is 0. The van der Waals surface area contributed by atoms with Crippen LogP contribution < -0.4 is 9.80 Å². The molecule has 0 fully saturated rings. The molecular weight excluding hydrogens is 312 g/mol. The number of aromatic nitrogens is 4. The Kier molecular flexibility index (Phi) is 3.77. The van der Waals surface area contributed by atoms with Gasteiger partial charge in [-0.05, 0) is 12.1 Å². The fourth-order valence-corrected chi connectivity index (χ4v) is 3.15. The Balaban J connectivity index is 2.28. The van der Waals surface area contributed by atoms with Crippen molar-refractivity contribution in [1.29, 1.82) is 0 Å². The summed E-state index contributed by atoms with van der Waals surface area (Å²) >= 11 is 1.42. The molecule has 0 radical (unpaired) electrons. The number of carbonyl (C=O) groups is 1. The van der Waals surface area contributed by atoms with Crippen molar-refractivity contribution >= 4 is 40.6 Å². The van der Waals surface area contributed by atoms with Gasteiger partial charge >= 0.3 is 0 Å². The molecule has 3 aromatic heterocycles. The molecular formula is C15H18N6OS. The number of fused-ring (bicyclic) bond motifs is 1. The molecule has 0 saturated carbocycles. The number of hydrogen-bond donors (Lipinski definition) is 0. The van der Waals surface area contributed by atoms with Crippen LogP contribution in [-0.2, 0) is 7.05 Å². The summed E-state index contributed by atoms with van der Waals surface area (Å²) in [6, 6.07) is 3.71. The van der Waals surface area contributed by atoms with Gasteiger partial charge in [-0.3, -0.25) is 4.79 Å². The Hall–Kier alpha value is -2.48. The molecule has 0 aliphatic heterocycles. The average Bonchev–Trinajstić information content (AvgIpc) is 3.11. The number of anilines is 2. The number of nitrogens with zero attached hydrogens (tertiary/aromatic N) is 6. The van der Waals surface area contributed by atoms with Crippen molar-refractivity contribution in [3.05, 3.63) is 17.0 Å². The van der Waals surface area contributed by atoms with Gasteiger partial charge in [0.15, 0.2) is 29.1 Å². The molecule has 8 heteroatoms. The van der Waals surface area contributed by atoms with Gasteiger partial charge in [0.1, 0.15) is 0 Å². The maximum atomic E-state index is 10.9. The molecule has 120 valence electrons. The highest BCUT2D eigenvalue weighted by atomic mass is 32.1. The van der Waals surface area contributed by atoms with Crippen molar-refractivity contribution in [3.63, 3.8) is 0 Å². The number of aldehydes is 1. The maximum Gasteiger partial charge on any atom is 0.228 e. The van der Waals surface area contributed by atoms with Crippen LogP contribution in [0, 0.1) is 0 Å². The molecule has 0 saturated heterocycles. The first-order chi connectivity index (χ1) is 10.9. The summed E-state index contributed by atoms with van der Waals surface area (Å²) < 4.78 is 1.94. The van der Waals surface area contributed by atoms with Gasteiger partial charge in [-0.15, -0.1) is 11.3 Å². The van der Waals surface area contributed by atoms with Gasteiger partial charge < -0.3 is 14.4 Å². The van der Waals surface area contributed by atoms with Crippen LogP contribution in [0.15, 0.2) is 12.1 Å². The summed E-state index contributed by atoms with van der Waals surface area (Å²) in [5.41, 5.74) is 1.52. The van der Waals surface area contributed by atoms with Crippen LogP contribution in [-0.4, -0.2) is 54.0 Å². The highest BCUT2D eigenvalue weighted by Crippen LogP contribution is 2.32. The minimum atomic E-state index is 0.635. The van der Waals surface area contributed by atoms with Crippen LogP contribution in [0.5, 0.6) is 0 Å². The Bertz CT molecular complexity index is 880. The minimum Gasteiger partial charge on any atom is -0.361 e. The molecule has 0 N–H and O–H groups in total. The number of carbonyl (C=O) groups excluding carboxylic acids is 1. The molecule has 0 aliphatic rings.